The molecule has 0 bridgehead atoms. The molecule has 0 aromatic heterocycles. The molecule has 0 fully saturated rings. The van der Waals surface area contributed by atoms with Crippen LogP contribution in [0.2, 0.25) is 0 Å². The fraction of sp³-hybridized carbons (Fsp3) is 0.190. The molecular formula is C21H19F2NO5. The summed E-state index contributed by atoms with van der Waals surface area (Å²) in [6.07, 6.45) is 1.48. The normalized spacial score (nSPS) is 11.9. The molecule has 2 aromatic rings. The van der Waals surface area contributed by atoms with Crippen molar-refractivity contribution in [2.45, 2.75) is 26.6 Å². The van der Waals surface area contributed by atoms with Crippen LogP contribution >= 0.6 is 0 Å². The van der Waals surface area contributed by atoms with Crippen molar-refractivity contribution in [3.8, 4) is 5.75 Å². The largest absolute Gasteiger partial charge is 0.449 e. The predicted octanol–water partition coefficient (Wildman–Crippen LogP) is 4.07. The van der Waals surface area contributed by atoms with Gasteiger partial charge in [0.05, 0.1) is 0 Å². The second-order valence-corrected chi connectivity index (χ2v) is 5.98. The number of nitrogens with one attached hydrogen (secondary N) is 1. The van der Waals surface area contributed by atoms with Crippen molar-refractivity contribution in [2.24, 2.45) is 0 Å². The fourth-order valence-corrected chi connectivity index (χ4v) is 2.22. The lowest BCUT2D eigenvalue weighted by atomic mass is 10.1. The van der Waals surface area contributed by atoms with E-state index in [9.17, 15) is 23.2 Å². The van der Waals surface area contributed by atoms with E-state index in [0.717, 1.165) is 6.08 Å². The number of benzene rings is 2. The molecule has 0 aliphatic rings. The molecule has 0 saturated carbocycles. The standard InChI is InChI=1S/C21H19F2NO5/c1-13(25)16-6-8-17(9-7-16)24-20(27)14(2)28-19(26)12-5-15-3-10-18(11-4-15)29-21(22)23/h3-12,14,21H,1-2H3,(H,24,27)/b12-5+/t14-/m0/s1. The Morgan fingerprint density at radius 2 is 1.62 bits per heavy atom. The molecule has 1 amide bonds. The van der Waals surface area contributed by atoms with Gasteiger partial charge in [0, 0.05) is 17.3 Å². The van der Waals surface area contributed by atoms with Crippen molar-refractivity contribution < 1.29 is 32.6 Å². The zero-order chi connectivity index (χ0) is 21.4. The summed E-state index contributed by atoms with van der Waals surface area (Å²) in [5.41, 5.74) is 1.54. The number of hydrogen-bond donors (Lipinski definition) is 1. The van der Waals surface area contributed by atoms with Crippen molar-refractivity contribution >= 4 is 29.4 Å². The van der Waals surface area contributed by atoms with Crippen LogP contribution in [0.25, 0.3) is 6.08 Å². The molecule has 1 atom stereocenters. The first-order valence-corrected chi connectivity index (χ1v) is 8.60. The number of halogens is 2. The molecule has 0 saturated heterocycles. The van der Waals surface area contributed by atoms with Crippen LogP contribution in [0.1, 0.15) is 29.8 Å². The molecular weight excluding hydrogens is 384 g/mol. The van der Waals surface area contributed by atoms with Gasteiger partial charge in [0.2, 0.25) is 0 Å². The highest BCUT2D eigenvalue weighted by molar-refractivity contribution is 5.98. The van der Waals surface area contributed by atoms with Crippen LogP contribution in [0.5, 0.6) is 5.75 Å². The third-order valence-corrected chi connectivity index (χ3v) is 3.74. The lowest BCUT2D eigenvalue weighted by Gasteiger charge is -2.12. The van der Waals surface area contributed by atoms with Crippen LogP contribution in [0.4, 0.5) is 14.5 Å². The number of ether oxygens (including phenoxy) is 2. The topological polar surface area (TPSA) is 81.7 Å². The Kier molecular flexibility index (Phi) is 7.59. The van der Waals surface area contributed by atoms with Gasteiger partial charge in [-0.2, -0.15) is 8.78 Å². The van der Waals surface area contributed by atoms with E-state index in [0.29, 0.717) is 16.8 Å². The first-order chi connectivity index (χ1) is 13.7. The zero-order valence-electron chi connectivity index (χ0n) is 15.7. The minimum Gasteiger partial charge on any atom is -0.449 e. The summed E-state index contributed by atoms with van der Waals surface area (Å²) in [7, 11) is 0. The minimum absolute atomic E-state index is 0.00125. The highest BCUT2D eigenvalue weighted by atomic mass is 19.3. The number of amides is 1. The van der Waals surface area contributed by atoms with E-state index in [2.05, 4.69) is 10.1 Å². The molecule has 0 aliphatic heterocycles. The fourth-order valence-electron chi connectivity index (χ4n) is 2.22. The van der Waals surface area contributed by atoms with Gasteiger partial charge in [0.25, 0.3) is 5.91 Å². The molecule has 2 rings (SSSR count). The van der Waals surface area contributed by atoms with Gasteiger partial charge in [-0.3, -0.25) is 9.59 Å². The van der Waals surface area contributed by atoms with Gasteiger partial charge in [0.1, 0.15) is 5.75 Å². The Hall–Kier alpha value is -3.55. The summed E-state index contributed by atoms with van der Waals surface area (Å²) < 4.78 is 33.5. The number of hydrogen-bond acceptors (Lipinski definition) is 5. The second-order valence-electron chi connectivity index (χ2n) is 5.98. The van der Waals surface area contributed by atoms with Gasteiger partial charge in [-0.05, 0) is 61.9 Å². The lowest BCUT2D eigenvalue weighted by molar-refractivity contribution is -0.148. The van der Waals surface area contributed by atoms with Crippen LogP contribution in [-0.4, -0.2) is 30.4 Å². The van der Waals surface area contributed by atoms with E-state index in [1.54, 1.807) is 24.3 Å². The van der Waals surface area contributed by atoms with E-state index in [-0.39, 0.29) is 11.5 Å². The molecule has 152 valence electrons. The first-order valence-electron chi connectivity index (χ1n) is 8.60. The van der Waals surface area contributed by atoms with E-state index in [4.69, 9.17) is 4.74 Å². The first kappa shape index (κ1) is 21.7. The SMILES string of the molecule is CC(=O)c1ccc(NC(=O)[C@H](C)OC(=O)/C=C/c2ccc(OC(F)F)cc2)cc1. The van der Waals surface area contributed by atoms with Crippen molar-refractivity contribution in [3.63, 3.8) is 0 Å². The molecule has 1 N–H and O–H groups in total. The Morgan fingerprint density at radius 3 is 2.17 bits per heavy atom. The second kappa shape index (κ2) is 10.1. The van der Waals surface area contributed by atoms with Crippen molar-refractivity contribution in [1.82, 2.24) is 0 Å². The molecule has 0 aliphatic carbocycles. The molecule has 2 aromatic carbocycles. The number of Topliss-reactive ketones (excluding diaryl/α,β-unsaturated/α-hetero) is 1. The number of alkyl halides is 2. The molecule has 8 heteroatoms. The average Bonchev–Trinajstić information content (AvgIpc) is 2.67. The van der Waals surface area contributed by atoms with E-state index in [1.165, 1.54) is 44.2 Å². The minimum atomic E-state index is -2.91. The zero-order valence-corrected chi connectivity index (χ0v) is 15.7. The van der Waals surface area contributed by atoms with E-state index >= 15 is 0 Å². The summed E-state index contributed by atoms with van der Waals surface area (Å²) in [6.45, 7) is -0.0542. The van der Waals surface area contributed by atoms with Crippen molar-refractivity contribution in [3.05, 3.63) is 65.7 Å². The maximum absolute atomic E-state index is 12.1. The number of anilines is 1. The summed E-state index contributed by atoms with van der Waals surface area (Å²) in [5, 5.41) is 2.58. The molecule has 6 nitrogen and oxygen atoms in total. The van der Waals surface area contributed by atoms with Crippen LogP contribution < -0.4 is 10.1 Å². The Bertz CT molecular complexity index is 892. The number of ketones is 1. The van der Waals surface area contributed by atoms with Crippen LogP contribution in [0.15, 0.2) is 54.6 Å². The average molecular weight is 403 g/mol. The smallest absolute Gasteiger partial charge is 0.387 e. The molecule has 0 heterocycles. The van der Waals surface area contributed by atoms with Gasteiger partial charge >= 0.3 is 12.6 Å². The monoisotopic (exact) mass is 403 g/mol. The summed E-state index contributed by atoms with van der Waals surface area (Å²) in [5.74, 6) is -1.36. The van der Waals surface area contributed by atoms with Crippen molar-refractivity contribution in [2.75, 3.05) is 5.32 Å². The van der Waals surface area contributed by atoms with Crippen LogP contribution in [0.3, 0.4) is 0 Å². The number of esters is 1. The molecule has 29 heavy (non-hydrogen) atoms. The van der Waals surface area contributed by atoms with Gasteiger partial charge in [-0.15, -0.1) is 0 Å². The van der Waals surface area contributed by atoms with E-state index < -0.39 is 24.6 Å². The number of carbonyl (C=O) groups is 3. The molecule has 0 radical (unpaired) electrons. The maximum Gasteiger partial charge on any atom is 0.387 e. The van der Waals surface area contributed by atoms with Gasteiger partial charge in [-0.25, -0.2) is 4.79 Å². The summed E-state index contributed by atoms with van der Waals surface area (Å²) in [6, 6.07) is 12.0. The van der Waals surface area contributed by atoms with Crippen LogP contribution in [-0.2, 0) is 14.3 Å². The highest BCUT2D eigenvalue weighted by Gasteiger charge is 2.16. The quantitative estimate of drug-likeness (QED) is 0.408. The number of rotatable bonds is 8. The molecule has 0 spiro atoms. The summed E-state index contributed by atoms with van der Waals surface area (Å²) >= 11 is 0. The lowest BCUT2D eigenvalue weighted by Crippen LogP contribution is -2.29. The molecule has 0 unspecified atom stereocenters. The van der Waals surface area contributed by atoms with Crippen molar-refractivity contribution in [1.29, 1.82) is 0 Å². The predicted molar refractivity (Wildman–Crippen MR) is 103 cm³/mol. The summed E-state index contributed by atoms with van der Waals surface area (Å²) in [4.78, 5) is 35.2. The Morgan fingerprint density at radius 1 is 1.00 bits per heavy atom. The van der Waals surface area contributed by atoms with Gasteiger partial charge in [-0.1, -0.05) is 12.1 Å². The van der Waals surface area contributed by atoms with Gasteiger partial charge in [0.15, 0.2) is 11.9 Å². The number of carbonyl (C=O) groups excluding carboxylic acids is 3. The van der Waals surface area contributed by atoms with E-state index in [1.807, 2.05) is 0 Å². The highest BCUT2D eigenvalue weighted by Crippen LogP contribution is 2.16. The Balaban J connectivity index is 1.86. The maximum atomic E-state index is 12.1. The van der Waals surface area contributed by atoms with Crippen LogP contribution in [0, 0.1) is 0 Å². The third-order valence-electron chi connectivity index (χ3n) is 3.74. The van der Waals surface area contributed by atoms with Gasteiger partial charge < -0.3 is 14.8 Å². The Labute approximate surface area is 166 Å². The third kappa shape index (κ3) is 7.17.